The molecule has 0 N–H and O–H groups in total. The van der Waals surface area contributed by atoms with Crippen LogP contribution in [0.25, 0.3) is 0 Å². The smallest absolute Gasteiger partial charge is 0.382 e. The second-order valence-electron chi connectivity index (χ2n) is 3.02. The van der Waals surface area contributed by atoms with Crippen LogP contribution in [0.3, 0.4) is 0 Å². The molecule has 0 bridgehead atoms. The molecule has 10 heteroatoms. The molecule has 0 atom stereocenters. The van der Waals surface area contributed by atoms with E-state index in [-0.39, 0.29) is 19.8 Å². The van der Waals surface area contributed by atoms with Gasteiger partial charge < -0.3 is 14.2 Å². The molecule has 0 heterocycles. The van der Waals surface area contributed by atoms with Crippen LogP contribution in [0.1, 0.15) is 0 Å². The fraction of sp³-hybridized carbons (Fsp3) is 1.00. The Morgan fingerprint density at radius 2 is 0.842 bits per heavy atom. The Balaban J connectivity index is 3.66. The number of hydrogen-bond acceptors (Lipinski definition) is 9. The van der Waals surface area contributed by atoms with Gasteiger partial charge in [-0.1, -0.05) is 0 Å². The topological polar surface area (TPSA) is 83.1 Å². The summed E-state index contributed by atoms with van der Waals surface area (Å²) in [5, 5.41) is 0. The van der Waals surface area contributed by atoms with Gasteiger partial charge in [0.1, 0.15) is 19.8 Å². The lowest BCUT2D eigenvalue weighted by Gasteiger charge is -2.11. The summed E-state index contributed by atoms with van der Waals surface area (Å²) < 4.78 is 14.3. The number of methoxy groups -OCH3 is 3. The molecular weight excluding hydrogens is 263 g/mol. The molecule has 0 spiro atoms. The molecule has 0 amide bonds. The molecule has 0 unspecified atom stereocenters. The quantitative estimate of drug-likeness (QED) is 0.175. The highest BCUT2D eigenvalue weighted by Gasteiger charge is 2.27. The molecule has 0 fully saturated rings. The summed E-state index contributed by atoms with van der Waals surface area (Å²) >= 11 is 0. The van der Waals surface area contributed by atoms with E-state index in [1.165, 1.54) is 21.3 Å². The van der Waals surface area contributed by atoms with Crippen molar-refractivity contribution in [1.82, 2.24) is 0 Å². The van der Waals surface area contributed by atoms with E-state index in [0.717, 1.165) is 0 Å². The zero-order valence-corrected chi connectivity index (χ0v) is 11.5. The Bertz CT molecular complexity index is 145. The molecule has 0 saturated carbocycles. The van der Waals surface area contributed by atoms with Crippen LogP contribution in [-0.4, -0.2) is 68.3 Å². The molecule has 0 rings (SSSR count). The minimum Gasteiger partial charge on any atom is -0.382 e. The van der Waals surface area contributed by atoms with Gasteiger partial charge in [0.15, 0.2) is 0 Å². The van der Waals surface area contributed by atoms with Crippen molar-refractivity contribution < 1.29 is 43.3 Å². The molecular formula is C9H21BO9. The first-order valence-corrected chi connectivity index (χ1v) is 5.66. The van der Waals surface area contributed by atoms with E-state index in [1.54, 1.807) is 0 Å². The van der Waals surface area contributed by atoms with Crippen LogP contribution in [0.2, 0.25) is 0 Å². The normalized spacial score (nSPS) is 10.9. The summed E-state index contributed by atoms with van der Waals surface area (Å²) in [5.41, 5.74) is 0. The first-order valence-electron chi connectivity index (χ1n) is 5.66. The Morgan fingerprint density at radius 3 is 1.11 bits per heavy atom. The molecule has 0 aromatic carbocycles. The molecule has 0 aliphatic rings. The van der Waals surface area contributed by atoms with E-state index < -0.39 is 7.32 Å². The van der Waals surface area contributed by atoms with Crippen LogP contribution < -0.4 is 0 Å². The molecule has 0 aromatic rings. The summed E-state index contributed by atoms with van der Waals surface area (Å²) in [7, 11) is 3.33. The van der Waals surface area contributed by atoms with Crippen molar-refractivity contribution in [2.45, 2.75) is 0 Å². The monoisotopic (exact) mass is 284 g/mol. The standard InChI is InChI=1S/C9H21BO9/c1-11-4-7-14-17-10(18-15-8-5-12-2)19-16-9-6-13-3/h4-9H2,1-3H3. The van der Waals surface area contributed by atoms with E-state index in [2.05, 4.69) is 0 Å². The molecule has 114 valence electrons. The van der Waals surface area contributed by atoms with Crippen molar-refractivity contribution in [2.75, 3.05) is 61.0 Å². The molecule has 0 aliphatic heterocycles. The van der Waals surface area contributed by atoms with Gasteiger partial charge in [0, 0.05) is 21.3 Å². The lowest BCUT2D eigenvalue weighted by molar-refractivity contribution is -0.350. The van der Waals surface area contributed by atoms with Gasteiger partial charge in [-0.05, 0) is 0 Å². The van der Waals surface area contributed by atoms with Gasteiger partial charge in [0.2, 0.25) is 0 Å². The summed E-state index contributed by atoms with van der Waals surface area (Å²) in [6.45, 7) is 1.70. The lowest BCUT2D eigenvalue weighted by atomic mass is 10.3. The van der Waals surface area contributed by atoms with Gasteiger partial charge >= 0.3 is 7.32 Å². The predicted molar refractivity (Wildman–Crippen MR) is 62.5 cm³/mol. The van der Waals surface area contributed by atoms with E-state index >= 15 is 0 Å². The second kappa shape index (κ2) is 15.8. The van der Waals surface area contributed by atoms with Crippen molar-refractivity contribution in [1.29, 1.82) is 0 Å². The molecule has 0 saturated heterocycles. The minimum absolute atomic E-state index is 0.204. The molecule has 0 radical (unpaired) electrons. The maximum Gasteiger partial charge on any atom is 0.725 e. The van der Waals surface area contributed by atoms with E-state index in [4.69, 9.17) is 43.3 Å². The molecule has 19 heavy (non-hydrogen) atoms. The SMILES string of the molecule is COCCOOB(OOCCOC)OOCCOC. The van der Waals surface area contributed by atoms with Crippen LogP contribution in [0, 0.1) is 0 Å². The maximum atomic E-state index is 4.77. The van der Waals surface area contributed by atoms with Crippen LogP contribution in [0.4, 0.5) is 0 Å². The third-order valence-electron chi connectivity index (χ3n) is 1.55. The van der Waals surface area contributed by atoms with Crippen molar-refractivity contribution >= 4 is 7.32 Å². The fourth-order valence-electron chi connectivity index (χ4n) is 0.711. The average molecular weight is 284 g/mol. The lowest BCUT2D eigenvalue weighted by Crippen LogP contribution is -2.29. The average Bonchev–Trinajstić information content (AvgIpc) is 2.43. The van der Waals surface area contributed by atoms with E-state index in [0.29, 0.717) is 19.8 Å². The number of rotatable bonds is 15. The zero-order chi connectivity index (χ0) is 14.2. The fourth-order valence-corrected chi connectivity index (χ4v) is 0.711. The van der Waals surface area contributed by atoms with Gasteiger partial charge in [-0.2, -0.15) is 0 Å². The third kappa shape index (κ3) is 13.9. The van der Waals surface area contributed by atoms with E-state index in [9.17, 15) is 0 Å². The number of ether oxygens (including phenoxy) is 3. The third-order valence-corrected chi connectivity index (χ3v) is 1.55. The van der Waals surface area contributed by atoms with Crippen LogP contribution in [-0.2, 0) is 43.3 Å². The molecule has 0 aromatic heterocycles. The zero-order valence-electron chi connectivity index (χ0n) is 11.5. The Kier molecular flexibility index (Phi) is 15.5. The van der Waals surface area contributed by atoms with Crippen LogP contribution >= 0.6 is 0 Å². The highest BCUT2D eigenvalue weighted by atomic mass is 17.3. The highest BCUT2D eigenvalue weighted by Crippen LogP contribution is 1.96. The second-order valence-corrected chi connectivity index (χ2v) is 3.02. The summed E-state index contributed by atoms with van der Waals surface area (Å²) in [6.07, 6.45) is 0. The van der Waals surface area contributed by atoms with Gasteiger partial charge in [-0.3, -0.25) is 0 Å². The largest absolute Gasteiger partial charge is 0.725 e. The Morgan fingerprint density at radius 1 is 0.526 bits per heavy atom. The highest BCUT2D eigenvalue weighted by molar-refractivity contribution is 6.35. The Hall–Kier alpha value is -0.295. The van der Waals surface area contributed by atoms with Crippen molar-refractivity contribution in [3.05, 3.63) is 0 Å². The summed E-state index contributed by atoms with van der Waals surface area (Å²) in [6, 6.07) is 0. The van der Waals surface area contributed by atoms with Crippen molar-refractivity contribution in [3.63, 3.8) is 0 Å². The van der Waals surface area contributed by atoms with E-state index in [1.807, 2.05) is 0 Å². The first-order chi connectivity index (χ1) is 9.35. The van der Waals surface area contributed by atoms with Gasteiger partial charge in [-0.25, -0.2) is 29.1 Å². The van der Waals surface area contributed by atoms with Crippen LogP contribution in [0.15, 0.2) is 0 Å². The van der Waals surface area contributed by atoms with Gasteiger partial charge in [0.05, 0.1) is 19.8 Å². The predicted octanol–water partition coefficient (Wildman–Crippen LogP) is -0.245. The number of hydrogen-bond donors (Lipinski definition) is 0. The van der Waals surface area contributed by atoms with Crippen molar-refractivity contribution in [2.24, 2.45) is 0 Å². The minimum atomic E-state index is -1.29. The van der Waals surface area contributed by atoms with Crippen LogP contribution in [0.5, 0.6) is 0 Å². The van der Waals surface area contributed by atoms with Gasteiger partial charge in [-0.15, -0.1) is 0 Å². The first kappa shape index (κ1) is 18.7. The maximum absolute atomic E-state index is 4.77. The summed E-state index contributed by atoms with van der Waals surface area (Å²) in [5.74, 6) is 0. The van der Waals surface area contributed by atoms with Gasteiger partial charge in [0.25, 0.3) is 0 Å². The molecule has 0 aliphatic carbocycles. The Labute approximate surface area is 112 Å². The summed E-state index contributed by atoms with van der Waals surface area (Å²) in [4.78, 5) is 28.5. The molecule has 9 nitrogen and oxygen atoms in total. The van der Waals surface area contributed by atoms with Crippen molar-refractivity contribution in [3.8, 4) is 0 Å².